The highest BCUT2D eigenvalue weighted by molar-refractivity contribution is 5.83. The van der Waals surface area contributed by atoms with Crippen LogP contribution in [0.4, 0.5) is 0 Å². The Bertz CT molecular complexity index is 928. The minimum Gasteiger partial charge on any atom is -0.256 e. The molecule has 0 spiro atoms. The van der Waals surface area contributed by atoms with E-state index in [0.29, 0.717) is 5.41 Å². The van der Waals surface area contributed by atoms with Gasteiger partial charge in [-0.05, 0) is 110 Å². The van der Waals surface area contributed by atoms with Gasteiger partial charge < -0.3 is 0 Å². The van der Waals surface area contributed by atoms with Gasteiger partial charge in [0.05, 0.1) is 5.69 Å². The highest BCUT2D eigenvalue weighted by Crippen LogP contribution is 2.44. The van der Waals surface area contributed by atoms with Crippen LogP contribution in [0.25, 0.3) is 16.8 Å². The van der Waals surface area contributed by atoms with Crippen LogP contribution in [0.15, 0.2) is 18.3 Å². The zero-order valence-corrected chi connectivity index (χ0v) is 19.2. The number of aromatic nitrogens is 1. The molecule has 0 radical (unpaired) electrons. The summed E-state index contributed by atoms with van der Waals surface area (Å²) in [6.45, 7) is 18.4. The van der Waals surface area contributed by atoms with Crippen molar-refractivity contribution in [2.75, 3.05) is 0 Å². The van der Waals surface area contributed by atoms with E-state index in [1.54, 1.807) is 5.57 Å². The third-order valence-electron chi connectivity index (χ3n) is 6.81. The Balaban J connectivity index is 2.30. The van der Waals surface area contributed by atoms with E-state index in [9.17, 15) is 0 Å². The van der Waals surface area contributed by atoms with Crippen molar-refractivity contribution >= 4 is 5.57 Å². The quantitative estimate of drug-likeness (QED) is 0.533. The summed E-state index contributed by atoms with van der Waals surface area (Å²) in [4.78, 5) is 4.93. The number of nitrogens with zero attached hydrogens (tertiary/aromatic N) is 1. The minimum atomic E-state index is 0.431. The third-order valence-corrected chi connectivity index (χ3v) is 6.81. The predicted molar refractivity (Wildman–Crippen MR) is 123 cm³/mol. The van der Waals surface area contributed by atoms with Crippen LogP contribution in [-0.4, -0.2) is 4.98 Å². The van der Waals surface area contributed by atoms with Gasteiger partial charge in [-0.2, -0.15) is 0 Å². The molecule has 1 aromatic heterocycles. The Hall–Kier alpha value is -1.89. The molecule has 1 aromatic carbocycles. The summed E-state index contributed by atoms with van der Waals surface area (Å²) in [6.07, 6.45) is 10.3. The molecule has 0 unspecified atom stereocenters. The van der Waals surface area contributed by atoms with Gasteiger partial charge in [0.15, 0.2) is 0 Å². The lowest BCUT2D eigenvalue weighted by atomic mass is 9.74. The zero-order chi connectivity index (χ0) is 20.6. The van der Waals surface area contributed by atoms with Crippen LogP contribution in [0.1, 0.15) is 85.9 Å². The summed E-state index contributed by atoms with van der Waals surface area (Å²) in [7, 11) is 0. The number of hydrogen-bond acceptors (Lipinski definition) is 1. The van der Waals surface area contributed by atoms with E-state index in [1.807, 2.05) is 6.20 Å². The average molecular weight is 376 g/mol. The van der Waals surface area contributed by atoms with E-state index in [1.165, 1.54) is 69.5 Å². The highest BCUT2D eigenvalue weighted by Gasteiger charge is 2.26. The number of benzene rings is 1. The van der Waals surface area contributed by atoms with E-state index in [4.69, 9.17) is 4.98 Å². The SMILES string of the molecule is CCc1cc(C)cnc1-c1c(C)c(C)c(CC)c(C2=CCC(C)(C)CC2)c1C. The highest BCUT2D eigenvalue weighted by atomic mass is 14.7. The molecule has 0 aliphatic heterocycles. The lowest BCUT2D eigenvalue weighted by Gasteiger charge is -2.31. The number of hydrogen-bond donors (Lipinski definition) is 0. The molecule has 28 heavy (non-hydrogen) atoms. The molecule has 0 atom stereocenters. The molecule has 0 saturated heterocycles. The van der Waals surface area contributed by atoms with E-state index in [-0.39, 0.29) is 0 Å². The number of pyridine rings is 1. The number of allylic oxidation sites excluding steroid dienone is 2. The molecule has 1 nitrogen and oxygen atoms in total. The van der Waals surface area contributed by atoms with Crippen LogP contribution in [0, 0.1) is 33.1 Å². The monoisotopic (exact) mass is 375 g/mol. The van der Waals surface area contributed by atoms with Gasteiger partial charge in [-0.3, -0.25) is 4.98 Å². The van der Waals surface area contributed by atoms with Gasteiger partial charge in [0.1, 0.15) is 0 Å². The maximum Gasteiger partial charge on any atom is 0.0739 e. The molecule has 1 aliphatic rings. The first-order valence-electron chi connectivity index (χ1n) is 11.0. The van der Waals surface area contributed by atoms with Crippen LogP contribution >= 0.6 is 0 Å². The summed E-state index contributed by atoms with van der Waals surface area (Å²) in [6, 6.07) is 2.31. The molecule has 0 saturated carbocycles. The van der Waals surface area contributed by atoms with Crippen molar-refractivity contribution in [3.05, 3.63) is 57.3 Å². The minimum absolute atomic E-state index is 0.431. The summed E-state index contributed by atoms with van der Waals surface area (Å²) >= 11 is 0. The first kappa shape index (κ1) is 20.8. The summed E-state index contributed by atoms with van der Waals surface area (Å²) < 4.78 is 0. The van der Waals surface area contributed by atoms with Crippen LogP contribution in [-0.2, 0) is 12.8 Å². The Morgan fingerprint density at radius 2 is 1.64 bits per heavy atom. The van der Waals surface area contributed by atoms with Crippen molar-refractivity contribution in [3.8, 4) is 11.3 Å². The Kier molecular flexibility index (Phi) is 5.84. The van der Waals surface area contributed by atoms with Crippen molar-refractivity contribution < 1.29 is 0 Å². The van der Waals surface area contributed by atoms with E-state index in [2.05, 4.69) is 67.5 Å². The Morgan fingerprint density at radius 3 is 2.21 bits per heavy atom. The standard InChI is InChI=1S/C27H37N/c1-9-21-15-17(3)16-28-26(21)24-19(5)18(4)23(10-2)25(20(24)6)22-11-13-27(7,8)14-12-22/h11,15-16H,9-10,12-14H2,1-8H3. The fourth-order valence-electron chi connectivity index (χ4n) is 4.89. The number of rotatable bonds is 4. The van der Waals surface area contributed by atoms with Gasteiger partial charge in [0, 0.05) is 11.8 Å². The first-order chi connectivity index (χ1) is 13.2. The molecule has 0 amide bonds. The smallest absolute Gasteiger partial charge is 0.0739 e. The molecular formula is C27H37N. The van der Waals surface area contributed by atoms with Gasteiger partial charge in [0.2, 0.25) is 0 Å². The van der Waals surface area contributed by atoms with Crippen molar-refractivity contribution in [2.45, 2.75) is 87.5 Å². The summed E-state index contributed by atoms with van der Waals surface area (Å²) in [5.41, 5.74) is 14.5. The van der Waals surface area contributed by atoms with E-state index in [0.717, 1.165) is 12.8 Å². The Morgan fingerprint density at radius 1 is 0.929 bits per heavy atom. The topological polar surface area (TPSA) is 12.9 Å². The second kappa shape index (κ2) is 7.85. The molecular weight excluding hydrogens is 338 g/mol. The van der Waals surface area contributed by atoms with E-state index >= 15 is 0 Å². The lowest BCUT2D eigenvalue weighted by molar-refractivity contribution is 0.335. The largest absolute Gasteiger partial charge is 0.256 e. The fourth-order valence-corrected chi connectivity index (χ4v) is 4.89. The van der Waals surface area contributed by atoms with Crippen LogP contribution < -0.4 is 0 Å². The number of aryl methyl sites for hydroxylation is 2. The Labute approximate surface area is 172 Å². The van der Waals surface area contributed by atoms with Crippen molar-refractivity contribution in [1.29, 1.82) is 0 Å². The van der Waals surface area contributed by atoms with Crippen molar-refractivity contribution in [3.63, 3.8) is 0 Å². The molecule has 0 bridgehead atoms. The van der Waals surface area contributed by atoms with E-state index < -0.39 is 0 Å². The summed E-state index contributed by atoms with van der Waals surface area (Å²) in [5.74, 6) is 0. The molecule has 3 rings (SSSR count). The fraction of sp³-hybridized carbons (Fsp3) is 0.519. The predicted octanol–water partition coefficient (Wildman–Crippen LogP) is 7.70. The van der Waals surface area contributed by atoms with Crippen LogP contribution in [0.3, 0.4) is 0 Å². The molecule has 1 heteroatoms. The van der Waals surface area contributed by atoms with Crippen LogP contribution in [0.2, 0.25) is 0 Å². The molecule has 1 aliphatic carbocycles. The molecule has 150 valence electrons. The third kappa shape index (κ3) is 3.69. The molecule has 1 heterocycles. The second-order valence-corrected chi connectivity index (χ2v) is 9.43. The average Bonchev–Trinajstić information content (AvgIpc) is 2.66. The normalized spacial score (nSPS) is 16.2. The molecule has 0 fully saturated rings. The maximum absolute atomic E-state index is 4.93. The molecule has 0 N–H and O–H groups in total. The van der Waals surface area contributed by atoms with Crippen molar-refractivity contribution in [1.82, 2.24) is 4.98 Å². The van der Waals surface area contributed by atoms with Gasteiger partial charge in [-0.25, -0.2) is 0 Å². The van der Waals surface area contributed by atoms with Gasteiger partial charge in [0.25, 0.3) is 0 Å². The maximum atomic E-state index is 4.93. The zero-order valence-electron chi connectivity index (χ0n) is 19.2. The van der Waals surface area contributed by atoms with Crippen LogP contribution in [0.5, 0.6) is 0 Å². The molecule has 2 aromatic rings. The lowest BCUT2D eigenvalue weighted by Crippen LogP contribution is -2.16. The first-order valence-corrected chi connectivity index (χ1v) is 11.0. The van der Waals surface area contributed by atoms with Gasteiger partial charge >= 0.3 is 0 Å². The van der Waals surface area contributed by atoms with Crippen molar-refractivity contribution in [2.24, 2.45) is 5.41 Å². The van der Waals surface area contributed by atoms with Gasteiger partial charge in [-0.1, -0.05) is 39.8 Å². The van der Waals surface area contributed by atoms with Gasteiger partial charge in [-0.15, -0.1) is 0 Å². The second-order valence-electron chi connectivity index (χ2n) is 9.43. The summed E-state index contributed by atoms with van der Waals surface area (Å²) in [5, 5.41) is 0.